The number of carbonyl (C=O) groups excluding carboxylic acids is 2. The summed E-state index contributed by atoms with van der Waals surface area (Å²) in [4.78, 5) is 27.8. The number of hydrogen-bond acceptors (Lipinski definition) is 3. The lowest BCUT2D eigenvalue weighted by atomic mass is 9.93. The highest BCUT2D eigenvalue weighted by Gasteiger charge is 2.25. The van der Waals surface area contributed by atoms with Crippen LogP contribution in [0.1, 0.15) is 31.7 Å². The Hall–Kier alpha value is -2.24. The molecule has 2 rings (SSSR count). The second kappa shape index (κ2) is 9.46. The fourth-order valence-electron chi connectivity index (χ4n) is 3.28. The molecular formula is C20H31N3O3. The van der Waals surface area contributed by atoms with Gasteiger partial charge >= 0.3 is 6.03 Å². The number of piperidine rings is 1. The Labute approximate surface area is 156 Å². The van der Waals surface area contributed by atoms with Crippen molar-refractivity contribution in [3.63, 3.8) is 0 Å². The average molecular weight is 361 g/mol. The number of hydrogen-bond donors (Lipinski definition) is 1. The topological polar surface area (TPSA) is 61.9 Å². The number of rotatable bonds is 6. The first kappa shape index (κ1) is 20.1. The zero-order valence-electron chi connectivity index (χ0n) is 16.3. The second-order valence-corrected chi connectivity index (χ2v) is 7.33. The van der Waals surface area contributed by atoms with Crippen molar-refractivity contribution in [1.29, 1.82) is 0 Å². The average Bonchev–Trinajstić information content (AvgIpc) is 2.62. The molecule has 3 amide bonds. The SMILES string of the molecule is COc1cccc(CC(C)NC(=O)N2CCC(CC(=O)N(C)C)CC2)c1. The molecule has 1 N–H and O–H groups in total. The summed E-state index contributed by atoms with van der Waals surface area (Å²) < 4.78 is 5.24. The van der Waals surface area contributed by atoms with Crippen molar-refractivity contribution in [3.05, 3.63) is 29.8 Å². The highest BCUT2D eigenvalue weighted by Crippen LogP contribution is 2.21. The number of urea groups is 1. The van der Waals surface area contributed by atoms with Gasteiger partial charge in [-0.15, -0.1) is 0 Å². The van der Waals surface area contributed by atoms with Crippen LogP contribution in [0.5, 0.6) is 5.75 Å². The van der Waals surface area contributed by atoms with E-state index in [0.29, 0.717) is 25.4 Å². The standard InChI is InChI=1S/C20H31N3O3/c1-15(12-17-6-5-7-18(13-17)26-4)21-20(25)23-10-8-16(9-11-23)14-19(24)22(2)3/h5-7,13,15-16H,8-12,14H2,1-4H3,(H,21,25). The molecule has 6 heteroatoms. The molecular weight excluding hydrogens is 330 g/mol. The Balaban J connectivity index is 1.76. The lowest BCUT2D eigenvalue weighted by Gasteiger charge is -2.33. The van der Waals surface area contributed by atoms with Crippen LogP contribution in [-0.2, 0) is 11.2 Å². The number of amides is 3. The molecule has 0 aromatic heterocycles. The molecule has 26 heavy (non-hydrogen) atoms. The zero-order valence-corrected chi connectivity index (χ0v) is 16.3. The third-order valence-electron chi connectivity index (χ3n) is 4.91. The van der Waals surface area contributed by atoms with Crippen molar-refractivity contribution in [2.24, 2.45) is 5.92 Å². The van der Waals surface area contributed by atoms with E-state index in [9.17, 15) is 9.59 Å². The Morgan fingerprint density at radius 2 is 2.00 bits per heavy atom. The van der Waals surface area contributed by atoms with Crippen molar-refractivity contribution >= 4 is 11.9 Å². The van der Waals surface area contributed by atoms with Crippen LogP contribution in [-0.4, -0.2) is 62.1 Å². The van der Waals surface area contributed by atoms with Crippen molar-refractivity contribution in [3.8, 4) is 5.75 Å². The molecule has 1 aromatic rings. The number of methoxy groups -OCH3 is 1. The Morgan fingerprint density at radius 1 is 1.31 bits per heavy atom. The van der Waals surface area contributed by atoms with E-state index in [1.54, 1.807) is 26.1 Å². The molecule has 1 aromatic carbocycles. The maximum Gasteiger partial charge on any atom is 0.317 e. The highest BCUT2D eigenvalue weighted by molar-refractivity contribution is 5.76. The molecule has 0 bridgehead atoms. The summed E-state index contributed by atoms with van der Waals surface area (Å²) in [6.07, 6.45) is 3.11. The quantitative estimate of drug-likeness (QED) is 0.847. The Morgan fingerprint density at radius 3 is 2.62 bits per heavy atom. The molecule has 1 fully saturated rings. The molecule has 1 saturated heterocycles. The van der Waals surface area contributed by atoms with Gasteiger partial charge in [-0.25, -0.2) is 4.79 Å². The van der Waals surface area contributed by atoms with Gasteiger partial charge in [-0.05, 0) is 49.8 Å². The van der Waals surface area contributed by atoms with Gasteiger partial charge in [0.2, 0.25) is 5.91 Å². The van der Waals surface area contributed by atoms with Gasteiger partial charge in [-0.1, -0.05) is 12.1 Å². The van der Waals surface area contributed by atoms with Crippen molar-refractivity contribution < 1.29 is 14.3 Å². The van der Waals surface area contributed by atoms with E-state index in [2.05, 4.69) is 5.32 Å². The fraction of sp³-hybridized carbons (Fsp3) is 0.600. The molecule has 0 saturated carbocycles. The summed E-state index contributed by atoms with van der Waals surface area (Å²) in [6, 6.07) is 7.94. The van der Waals surface area contributed by atoms with E-state index in [-0.39, 0.29) is 18.0 Å². The smallest absolute Gasteiger partial charge is 0.317 e. The number of nitrogens with one attached hydrogen (secondary N) is 1. The minimum Gasteiger partial charge on any atom is -0.497 e. The van der Waals surface area contributed by atoms with E-state index >= 15 is 0 Å². The van der Waals surface area contributed by atoms with Crippen LogP contribution in [0.4, 0.5) is 4.79 Å². The zero-order chi connectivity index (χ0) is 19.1. The summed E-state index contributed by atoms with van der Waals surface area (Å²) in [5.74, 6) is 1.37. The summed E-state index contributed by atoms with van der Waals surface area (Å²) in [5, 5.41) is 3.08. The number of benzene rings is 1. The van der Waals surface area contributed by atoms with Crippen molar-refractivity contribution in [2.45, 2.75) is 38.6 Å². The molecule has 1 aliphatic rings. The number of likely N-dealkylation sites (tertiary alicyclic amines) is 1. The molecule has 1 atom stereocenters. The predicted molar refractivity (Wildman–Crippen MR) is 102 cm³/mol. The summed E-state index contributed by atoms with van der Waals surface area (Å²) >= 11 is 0. The maximum absolute atomic E-state index is 12.5. The second-order valence-electron chi connectivity index (χ2n) is 7.33. The van der Waals surface area contributed by atoms with Crippen LogP contribution in [0, 0.1) is 5.92 Å². The number of carbonyl (C=O) groups is 2. The van der Waals surface area contributed by atoms with Gasteiger partial charge in [0, 0.05) is 39.6 Å². The molecule has 0 aliphatic carbocycles. The van der Waals surface area contributed by atoms with Gasteiger partial charge in [0.25, 0.3) is 0 Å². The first-order valence-corrected chi connectivity index (χ1v) is 9.27. The lowest BCUT2D eigenvalue weighted by Crippen LogP contribution is -2.48. The minimum atomic E-state index is -0.0159. The monoisotopic (exact) mass is 361 g/mol. The molecule has 1 heterocycles. The van der Waals surface area contributed by atoms with E-state index in [1.807, 2.05) is 36.1 Å². The third-order valence-corrected chi connectivity index (χ3v) is 4.91. The van der Waals surface area contributed by atoms with E-state index in [0.717, 1.165) is 30.6 Å². The number of nitrogens with zero attached hydrogens (tertiary/aromatic N) is 2. The Bertz CT molecular complexity index is 610. The van der Waals surface area contributed by atoms with Gasteiger partial charge in [0.15, 0.2) is 0 Å². The summed E-state index contributed by atoms with van der Waals surface area (Å²) in [6.45, 7) is 3.44. The third kappa shape index (κ3) is 5.93. The van der Waals surface area contributed by atoms with E-state index < -0.39 is 0 Å². The lowest BCUT2D eigenvalue weighted by molar-refractivity contribution is -0.129. The van der Waals surface area contributed by atoms with Crippen LogP contribution in [0.25, 0.3) is 0 Å². The van der Waals surface area contributed by atoms with Crippen LogP contribution in [0.3, 0.4) is 0 Å². The molecule has 6 nitrogen and oxygen atoms in total. The first-order chi connectivity index (χ1) is 12.4. The van der Waals surface area contributed by atoms with Crippen LogP contribution in [0.15, 0.2) is 24.3 Å². The van der Waals surface area contributed by atoms with Crippen molar-refractivity contribution in [2.75, 3.05) is 34.3 Å². The van der Waals surface area contributed by atoms with Crippen LogP contribution in [0.2, 0.25) is 0 Å². The van der Waals surface area contributed by atoms with Gasteiger partial charge in [-0.2, -0.15) is 0 Å². The normalized spacial score (nSPS) is 16.1. The summed E-state index contributed by atoms with van der Waals surface area (Å²) in [5.41, 5.74) is 1.14. The first-order valence-electron chi connectivity index (χ1n) is 9.27. The van der Waals surface area contributed by atoms with Gasteiger partial charge in [0.1, 0.15) is 5.75 Å². The van der Waals surface area contributed by atoms with Crippen LogP contribution >= 0.6 is 0 Å². The highest BCUT2D eigenvalue weighted by atomic mass is 16.5. The van der Waals surface area contributed by atoms with Crippen LogP contribution < -0.4 is 10.1 Å². The largest absolute Gasteiger partial charge is 0.497 e. The summed E-state index contributed by atoms with van der Waals surface area (Å²) in [7, 11) is 5.23. The molecule has 0 spiro atoms. The van der Waals surface area contributed by atoms with E-state index in [4.69, 9.17) is 4.74 Å². The molecule has 0 radical (unpaired) electrons. The predicted octanol–water partition coefficient (Wildman–Crippen LogP) is 2.53. The maximum atomic E-state index is 12.5. The molecule has 144 valence electrons. The number of ether oxygens (including phenoxy) is 1. The van der Waals surface area contributed by atoms with Crippen molar-refractivity contribution in [1.82, 2.24) is 15.1 Å². The van der Waals surface area contributed by atoms with Gasteiger partial charge < -0.3 is 19.9 Å². The van der Waals surface area contributed by atoms with Gasteiger partial charge in [-0.3, -0.25) is 4.79 Å². The van der Waals surface area contributed by atoms with E-state index in [1.165, 1.54) is 0 Å². The minimum absolute atomic E-state index is 0.0159. The fourth-order valence-corrected chi connectivity index (χ4v) is 3.28. The molecule has 1 unspecified atom stereocenters. The Kier molecular flexibility index (Phi) is 7.30. The molecule has 1 aliphatic heterocycles. The van der Waals surface area contributed by atoms with Gasteiger partial charge in [0.05, 0.1) is 7.11 Å².